The molecule has 4 aliphatic heterocycles. The first-order valence-corrected chi connectivity index (χ1v) is 19.9. The van der Waals surface area contributed by atoms with Crippen molar-refractivity contribution < 1.29 is 14.2 Å². The molecule has 0 saturated carbocycles. The first-order chi connectivity index (χ1) is 24.2. The lowest BCUT2D eigenvalue weighted by molar-refractivity contribution is 0.0223. The number of fused-ring (bicyclic) bond motifs is 2. The van der Waals surface area contributed by atoms with Crippen molar-refractivity contribution in [3.8, 4) is 33.8 Å². The molecule has 0 radical (unpaired) electrons. The van der Waals surface area contributed by atoms with Gasteiger partial charge in [0.25, 0.3) is 0 Å². The standard InChI is InChI=1S/C21H24ClNO2.C21H24ClNOS/c1-14-4-3-5-15(2)20(14)19-12-17(22)10-16-11-18(25-21(16)19)13-23-6-8-24-9-7-23;1-14-4-3-5-15(2)20(14)19-12-17(22)10-16-11-18(24-21(16)19)13-23-6-8-25-9-7-23/h2*3-5,10,12,18H,6-9,11,13H2,1-2H3. The lowest BCUT2D eigenvalue weighted by Gasteiger charge is -2.28. The van der Waals surface area contributed by atoms with E-state index in [1.807, 2.05) is 17.8 Å². The molecule has 0 aromatic heterocycles. The minimum absolute atomic E-state index is 0.189. The number of aryl methyl sites for hydroxylation is 4. The molecular formula is C42H48Cl2N2O3S. The number of morpholine rings is 1. The molecule has 0 amide bonds. The summed E-state index contributed by atoms with van der Waals surface area (Å²) in [7, 11) is 0. The van der Waals surface area contributed by atoms with Crippen molar-refractivity contribution in [1.29, 1.82) is 0 Å². The van der Waals surface area contributed by atoms with Crippen LogP contribution in [0, 0.1) is 27.7 Å². The Morgan fingerprint density at radius 1 is 0.620 bits per heavy atom. The summed E-state index contributed by atoms with van der Waals surface area (Å²) in [6.07, 6.45) is 2.30. The molecule has 2 unspecified atom stereocenters. The summed E-state index contributed by atoms with van der Waals surface area (Å²) in [6, 6.07) is 21.1. The first kappa shape index (κ1) is 35.7. The second-order valence-electron chi connectivity index (χ2n) is 14.1. The number of rotatable bonds is 6. The number of hydrogen-bond acceptors (Lipinski definition) is 6. The number of hydrogen-bond donors (Lipinski definition) is 0. The predicted octanol–water partition coefficient (Wildman–Crippen LogP) is 9.24. The first-order valence-electron chi connectivity index (χ1n) is 17.9. The van der Waals surface area contributed by atoms with Gasteiger partial charge in [0.15, 0.2) is 0 Å². The maximum Gasteiger partial charge on any atom is 0.131 e. The van der Waals surface area contributed by atoms with Gasteiger partial charge in [-0.05, 0) is 96.5 Å². The Kier molecular flexibility index (Phi) is 11.3. The summed E-state index contributed by atoms with van der Waals surface area (Å²) in [5.74, 6) is 4.52. The number of nitrogens with zero attached hydrogens (tertiary/aromatic N) is 2. The average Bonchev–Trinajstić information content (AvgIpc) is 3.68. The van der Waals surface area contributed by atoms with Gasteiger partial charge in [-0.1, -0.05) is 59.6 Å². The van der Waals surface area contributed by atoms with E-state index in [0.29, 0.717) is 0 Å². The number of thioether (sulfide) groups is 1. The molecule has 2 atom stereocenters. The van der Waals surface area contributed by atoms with Crippen LogP contribution in [0.3, 0.4) is 0 Å². The maximum absolute atomic E-state index is 6.45. The molecule has 8 rings (SSSR count). The minimum atomic E-state index is 0.189. The van der Waals surface area contributed by atoms with E-state index in [0.717, 1.165) is 84.9 Å². The zero-order valence-electron chi connectivity index (χ0n) is 29.7. The van der Waals surface area contributed by atoms with Gasteiger partial charge in [0.1, 0.15) is 23.7 Å². The van der Waals surface area contributed by atoms with E-state index < -0.39 is 0 Å². The molecule has 264 valence electrons. The van der Waals surface area contributed by atoms with Crippen molar-refractivity contribution in [3.05, 3.63) is 104 Å². The Labute approximate surface area is 312 Å². The second kappa shape index (κ2) is 15.9. The summed E-state index contributed by atoms with van der Waals surface area (Å²) in [6.45, 7) is 16.5. The molecule has 4 heterocycles. The molecule has 0 spiro atoms. The highest BCUT2D eigenvalue weighted by molar-refractivity contribution is 7.99. The topological polar surface area (TPSA) is 34.2 Å². The maximum atomic E-state index is 6.45. The van der Waals surface area contributed by atoms with Crippen LogP contribution in [0.2, 0.25) is 10.0 Å². The fourth-order valence-electron chi connectivity index (χ4n) is 7.99. The van der Waals surface area contributed by atoms with Crippen LogP contribution in [0.25, 0.3) is 22.3 Å². The lowest BCUT2D eigenvalue weighted by Crippen LogP contribution is -2.42. The molecule has 4 aliphatic rings. The SMILES string of the molecule is Cc1cccc(C)c1-c1cc(Cl)cc2c1OC(CN1CCOCC1)C2.Cc1cccc(C)c1-c1cc(Cl)cc2c1OC(CN1CCSCC1)C2. The minimum Gasteiger partial charge on any atom is -0.488 e. The Balaban J connectivity index is 0.000000157. The summed E-state index contributed by atoms with van der Waals surface area (Å²) in [5.41, 5.74) is 12.3. The quantitative estimate of drug-likeness (QED) is 0.197. The highest BCUT2D eigenvalue weighted by Crippen LogP contribution is 2.45. The fraction of sp³-hybridized carbons (Fsp3) is 0.429. The van der Waals surface area contributed by atoms with E-state index in [9.17, 15) is 0 Å². The normalized spacial score (nSPS) is 20.4. The van der Waals surface area contributed by atoms with Crippen LogP contribution < -0.4 is 9.47 Å². The number of halogens is 2. The van der Waals surface area contributed by atoms with Crippen molar-refractivity contribution >= 4 is 35.0 Å². The van der Waals surface area contributed by atoms with Crippen molar-refractivity contribution in [1.82, 2.24) is 9.80 Å². The molecule has 4 aromatic carbocycles. The van der Waals surface area contributed by atoms with E-state index in [2.05, 4.69) is 92.1 Å². The van der Waals surface area contributed by atoms with E-state index in [1.54, 1.807) is 0 Å². The van der Waals surface area contributed by atoms with Crippen molar-refractivity contribution in [2.75, 3.05) is 64.0 Å². The molecule has 8 heteroatoms. The highest BCUT2D eigenvalue weighted by atomic mass is 35.5. The second-order valence-corrected chi connectivity index (χ2v) is 16.2. The number of ether oxygens (including phenoxy) is 3. The van der Waals surface area contributed by atoms with Crippen molar-refractivity contribution in [2.24, 2.45) is 0 Å². The smallest absolute Gasteiger partial charge is 0.131 e. The van der Waals surface area contributed by atoms with Gasteiger partial charge < -0.3 is 14.2 Å². The molecule has 50 heavy (non-hydrogen) atoms. The molecule has 5 nitrogen and oxygen atoms in total. The summed E-state index contributed by atoms with van der Waals surface area (Å²) < 4.78 is 18.3. The number of benzene rings is 4. The van der Waals surface area contributed by atoms with E-state index in [-0.39, 0.29) is 12.2 Å². The van der Waals surface area contributed by atoms with Crippen LogP contribution in [0.5, 0.6) is 11.5 Å². The summed E-state index contributed by atoms with van der Waals surface area (Å²) >= 11 is 14.9. The molecular weight excluding hydrogens is 683 g/mol. The van der Waals surface area contributed by atoms with E-state index >= 15 is 0 Å². The molecule has 0 N–H and O–H groups in total. The van der Waals surface area contributed by atoms with Crippen LogP contribution in [-0.4, -0.2) is 86.0 Å². The van der Waals surface area contributed by atoms with Gasteiger partial charge in [0.05, 0.1) is 13.2 Å². The Bertz CT molecular complexity index is 1660. The third kappa shape index (κ3) is 8.01. The third-order valence-electron chi connectivity index (χ3n) is 10.4. The zero-order chi connectivity index (χ0) is 34.8. The van der Waals surface area contributed by atoms with Crippen LogP contribution in [0.4, 0.5) is 0 Å². The molecule has 0 aliphatic carbocycles. The van der Waals surface area contributed by atoms with Gasteiger partial charge in [-0.15, -0.1) is 0 Å². The molecule has 2 saturated heterocycles. The molecule has 2 fully saturated rings. The zero-order valence-corrected chi connectivity index (χ0v) is 32.0. The van der Waals surface area contributed by atoms with Gasteiger partial charge in [0, 0.05) is 84.8 Å². The summed E-state index contributed by atoms with van der Waals surface area (Å²) in [4.78, 5) is 4.97. The van der Waals surface area contributed by atoms with Crippen molar-refractivity contribution in [2.45, 2.75) is 52.7 Å². The van der Waals surface area contributed by atoms with Crippen molar-refractivity contribution in [3.63, 3.8) is 0 Å². The van der Waals surface area contributed by atoms with Crippen LogP contribution in [-0.2, 0) is 17.6 Å². The predicted molar refractivity (Wildman–Crippen MR) is 210 cm³/mol. The third-order valence-corrected chi connectivity index (χ3v) is 11.7. The summed E-state index contributed by atoms with van der Waals surface area (Å²) in [5, 5.41) is 1.59. The molecule has 4 aromatic rings. The largest absolute Gasteiger partial charge is 0.488 e. The Hall–Kier alpha value is -2.71. The van der Waals surface area contributed by atoms with Gasteiger partial charge in [-0.25, -0.2) is 0 Å². The van der Waals surface area contributed by atoms with Gasteiger partial charge in [0.2, 0.25) is 0 Å². The van der Waals surface area contributed by atoms with E-state index in [4.69, 9.17) is 37.4 Å². The Morgan fingerprint density at radius 2 is 1.04 bits per heavy atom. The van der Waals surface area contributed by atoms with Gasteiger partial charge >= 0.3 is 0 Å². The van der Waals surface area contributed by atoms with E-state index in [1.165, 1.54) is 69.1 Å². The average molecular weight is 732 g/mol. The highest BCUT2D eigenvalue weighted by Gasteiger charge is 2.31. The van der Waals surface area contributed by atoms with Crippen LogP contribution in [0.1, 0.15) is 33.4 Å². The molecule has 0 bridgehead atoms. The van der Waals surface area contributed by atoms with Crippen LogP contribution >= 0.6 is 35.0 Å². The monoisotopic (exact) mass is 730 g/mol. The Morgan fingerprint density at radius 3 is 1.48 bits per heavy atom. The van der Waals surface area contributed by atoms with Crippen LogP contribution in [0.15, 0.2) is 60.7 Å². The van der Waals surface area contributed by atoms with Gasteiger partial charge in [-0.3, -0.25) is 9.80 Å². The fourth-order valence-corrected chi connectivity index (χ4v) is 9.45. The lowest BCUT2D eigenvalue weighted by atomic mass is 9.93. The van der Waals surface area contributed by atoms with Gasteiger partial charge in [-0.2, -0.15) is 11.8 Å².